The van der Waals surface area contributed by atoms with E-state index in [1.54, 1.807) is 7.11 Å². The molecule has 0 radical (unpaired) electrons. The maximum atomic E-state index is 5.36. The molecule has 96 valence electrons. The summed E-state index contributed by atoms with van der Waals surface area (Å²) in [5.41, 5.74) is 0. The number of ether oxygens (including phenoxy) is 1. The van der Waals surface area contributed by atoms with Crippen molar-refractivity contribution in [3.05, 3.63) is 22.4 Å². The van der Waals surface area contributed by atoms with E-state index >= 15 is 0 Å². The highest BCUT2D eigenvalue weighted by molar-refractivity contribution is 7.09. The molecule has 0 spiro atoms. The second-order valence-electron chi connectivity index (χ2n) is 4.79. The van der Waals surface area contributed by atoms with Crippen molar-refractivity contribution in [2.45, 2.75) is 25.0 Å². The quantitative estimate of drug-likeness (QED) is 0.834. The number of nitrogens with zero attached hydrogens (tertiary/aromatic N) is 1. The van der Waals surface area contributed by atoms with E-state index in [1.807, 2.05) is 11.3 Å². The molecule has 1 aromatic heterocycles. The van der Waals surface area contributed by atoms with Crippen molar-refractivity contribution in [1.82, 2.24) is 10.2 Å². The number of nitrogens with one attached hydrogen (secondary N) is 1. The predicted octanol–water partition coefficient (Wildman–Crippen LogP) is 1.60. The Kier molecular flexibility index (Phi) is 4.98. The second kappa shape index (κ2) is 6.50. The molecule has 0 saturated carbocycles. The molecule has 1 aromatic rings. The first-order valence-electron chi connectivity index (χ1n) is 6.25. The Morgan fingerprint density at radius 1 is 1.59 bits per heavy atom. The van der Waals surface area contributed by atoms with Gasteiger partial charge < -0.3 is 15.0 Å². The first kappa shape index (κ1) is 13.0. The Morgan fingerprint density at radius 2 is 2.47 bits per heavy atom. The van der Waals surface area contributed by atoms with Crippen LogP contribution in [-0.4, -0.2) is 50.8 Å². The molecule has 4 heteroatoms. The third-order valence-electron chi connectivity index (χ3n) is 3.37. The Balaban J connectivity index is 1.65. The number of rotatable bonds is 6. The van der Waals surface area contributed by atoms with E-state index in [0.717, 1.165) is 32.5 Å². The lowest BCUT2D eigenvalue weighted by Crippen LogP contribution is -2.36. The van der Waals surface area contributed by atoms with Crippen molar-refractivity contribution in [1.29, 1.82) is 0 Å². The summed E-state index contributed by atoms with van der Waals surface area (Å²) in [6.07, 6.45) is 2.71. The van der Waals surface area contributed by atoms with Crippen LogP contribution in [0.2, 0.25) is 0 Å². The van der Waals surface area contributed by atoms with Crippen molar-refractivity contribution < 1.29 is 4.74 Å². The Morgan fingerprint density at radius 3 is 3.12 bits per heavy atom. The maximum Gasteiger partial charge on any atom is 0.0711 e. The van der Waals surface area contributed by atoms with Crippen molar-refractivity contribution in [2.24, 2.45) is 0 Å². The van der Waals surface area contributed by atoms with E-state index in [-0.39, 0.29) is 0 Å². The Labute approximate surface area is 108 Å². The average Bonchev–Trinajstić information content (AvgIpc) is 2.97. The first-order chi connectivity index (χ1) is 8.28. The van der Waals surface area contributed by atoms with E-state index in [1.165, 1.54) is 4.88 Å². The lowest BCUT2D eigenvalue weighted by molar-refractivity contribution is 0.116. The molecule has 1 N–H and O–H groups in total. The van der Waals surface area contributed by atoms with E-state index in [2.05, 4.69) is 34.8 Å². The van der Waals surface area contributed by atoms with Crippen LogP contribution in [0.1, 0.15) is 11.3 Å². The highest BCUT2D eigenvalue weighted by Crippen LogP contribution is 2.12. The molecular formula is C13H22N2OS. The zero-order chi connectivity index (χ0) is 12.1. The fraction of sp³-hybridized carbons (Fsp3) is 0.692. The van der Waals surface area contributed by atoms with Crippen LogP contribution in [0.5, 0.6) is 0 Å². The molecule has 0 aromatic carbocycles. The summed E-state index contributed by atoms with van der Waals surface area (Å²) in [6.45, 7) is 3.25. The molecule has 3 nitrogen and oxygen atoms in total. The van der Waals surface area contributed by atoms with E-state index in [9.17, 15) is 0 Å². The minimum atomic E-state index is 0.408. The fourth-order valence-corrected chi connectivity index (χ4v) is 3.02. The summed E-state index contributed by atoms with van der Waals surface area (Å²) >= 11 is 1.85. The normalized spacial score (nSPS) is 24.6. The summed E-state index contributed by atoms with van der Waals surface area (Å²) < 4.78 is 5.36. The lowest BCUT2D eigenvalue weighted by Gasteiger charge is -2.20. The van der Waals surface area contributed by atoms with Crippen LogP contribution in [0.3, 0.4) is 0 Å². The highest BCUT2D eigenvalue weighted by atomic mass is 32.1. The number of hydrogen-bond donors (Lipinski definition) is 1. The van der Waals surface area contributed by atoms with Crippen molar-refractivity contribution in [3.8, 4) is 0 Å². The van der Waals surface area contributed by atoms with Crippen LogP contribution in [-0.2, 0) is 11.2 Å². The summed E-state index contributed by atoms with van der Waals surface area (Å²) in [6, 6.07) is 4.93. The molecule has 0 bridgehead atoms. The second-order valence-corrected chi connectivity index (χ2v) is 5.82. The monoisotopic (exact) mass is 254 g/mol. The van der Waals surface area contributed by atoms with Gasteiger partial charge in [-0.25, -0.2) is 0 Å². The van der Waals surface area contributed by atoms with Gasteiger partial charge in [-0.15, -0.1) is 11.3 Å². The van der Waals surface area contributed by atoms with Gasteiger partial charge in [-0.3, -0.25) is 0 Å². The SMILES string of the molecule is COC1CNC(CN(C)CCc2cccs2)C1. The van der Waals surface area contributed by atoms with Gasteiger partial charge in [-0.1, -0.05) is 6.07 Å². The molecule has 2 unspecified atom stereocenters. The molecule has 1 aliphatic heterocycles. The van der Waals surface area contributed by atoms with Gasteiger partial charge in [0.25, 0.3) is 0 Å². The smallest absolute Gasteiger partial charge is 0.0711 e. The van der Waals surface area contributed by atoms with Crippen LogP contribution in [0.4, 0.5) is 0 Å². The molecular weight excluding hydrogens is 232 g/mol. The minimum absolute atomic E-state index is 0.408. The number of methoxy groups -OCH3 is 1. The topological polar surface area (TPSA) is 24.5 Å². The summed E-state index contributed by atoms with van der Waals surface area (Å²) in [5.74, 6) is 0. The fourth-order valence-electron chi connectivity index (χ4n) is 2.32. The number of thiophene rings is 1. The highest BCUT2D eigenvalue weighted by Gasteiger charge is 2.24. The van der Waals surface area contributed by atoms with Gasteiger partial charge in [0.15, 0.2) is 0 Å². The van der Waals surface area contributed by atoms with Crippen LogP contribution in [0.25, 0.3) is 0 Å². The lowest BCUT2D eigenvalue weighted by atomic mass is 10.2. The van der Waals surface area contributed by atoms with Crippen molar-refractivity contribution in [2.75, 3.05) is 33.8 Å². The Hall–Kier alpha value is -0.420. The standard InChI is InChI=1S/C13H22N2OS/c1-15(6-5-13-4-3-7-17-13)10-11-8-12(16-2)9-14-11/h3-4,7,11-12,14H,5-6,8-10H2,1-2H3. The average molecular weight is 254 g/mol. The van der Waals surface area contributed by atoms with Crippen LogP contribution >= 0.6 is 11.3 Å². The molecule has 2 atom stereocenters. The van der Waals surface area contributed by atoms with Crippen LogP contribution < -0.4 is 5.32 Å². The molecule has 0 aliphatic carbocycles. The van der Waals surface area contributed by atoms with Crippen molar-refractivity contribution in [3.63, 3.8) is 0 Å². The third kappa shape index (κ3) is 4.07. The van der Waals surface area contributed by atoms with Gasteiger partial charge in [0.2, 0.25) is 0 Å². The van der Waals surface area contributed by atoms with Crippen LogP contribution in [0, 0.1) is 0 Å². The molecule has 0 amide bonds. The maximum absolute atomic E-state index is 5.36. The van der Waals surface area contributed by atoms with Gasteiger partial charge in [-0.05, 0) is 31.3 Å². The van der Waals surface area contributed by atoms with Gasteiger partial charge in [0.1, 0.15) is 0 Å². The van der Waals surface area contributed by atoms with E-state index in [4.69, 9.17) is 4.74 Å². The molecule has 2 heterocycles. The van der Waals surface area contributed by atoms with E-state index < -0.39 is 0 Å². The van der Waals surface area contributed by atoms with Gasteiger partial charge in [0.05, 0.1) is 6.10 Å². The zero-order valence-electron chi connectivity index (χ0n) is 10.7. The van der Waals surface area contributed by atoms with Gasteiger partial charge in [-0.2, -0.15) is 0 Å². The van der Waals surface area contributed by atoms with Gasteiger partial charge >= 0.3 is 0 Å². The first-order valence-corrected chi connectivity index (χ1v) is 7.13. The number of likely N-dealkylation sites (N-methyl/N-ethyl adjacent to an activating group) is 1. The third-order valence-corrected chi connectivity index (χ3v) is 4.30. The summed E-state index contributed by atoms with van der Waals surface area (Å²) in [5, 5.41) is 5.67. The molecule has 1 saturated heterocycles. The number of hydrogen-bond acceptors (Lipinski definition) is 4. The largest absolute Gasteiger partial charge is 0.380 e. The molecule has 1 fully saturated rings. The predicted molar refractivity (Wildman–Crippen MR) is 72.7 cm³/mol. The minimum Gasteiger partial charge on any atom is -0.380 e. The van der Waals surface area contributed by atoms with E-state index in [0.29, 0.717) is 12.1 Å². The zero-order valence-corrected chi connectivity index (χ0v) is 11.5. The molecule has 2 rings (SSSR count). The summed E-state index contributed by atoms with van der Waals surface area (Å²) in [7, 11) is 4.00. The molecule has 1 aliphatic rings. The van der Waals surface area contributed by atoms with Gasteiger partial charge in [0, 0.05) is 37.7 Å². The summed E-state index contributed by atoms with van der Waals surface area (Å²) in [4.78, 5) is 3.89. The van der Waals surface area contributed by atoms with Crippen molar-refractivity contribution >= 4 is 11.3 Å². The van der Waals surface area contributed by atoms with Crippen LogP contribution in [0.15, 0.2) is 17.5 Å². The molecule has 17 heavy (non-hydrogen) atoms. The Bertz CT molecular complexity index is 315.